The lowest BCUT2D eigenvalue weighted by atomic mass is 9.96. The zero-order chi connectivity index (χ0) is 12.8. The first-order chi connectivity index (χ1) is 8.13. The summed E-state index contributed by atoms with van der Waals surface area (Å²) in [5.74, 6) is 0.834. The maximum Gasteiger partial charge on any atom is 0.123 e. The Hall–Kier alpha value is -1.06. The standard InChI is InChI=1S/C14H23NO2/c1-5-6-13(17-4)14(15)11-9-10(2)7-8-12(11)16-3/h7-9,13-14H,5-6,15H2,1-4H3. The molecule has 0 spiro atoms. The van der Waals surface area contributed by atoms with Crippen molar-refractivity contribution in [2.75, 3.05) is 14.2 Å². The van der Waals surface area contributed by atoms with Gasteiger partial charge in [0.1, 0.15) is 5.75 Å². The summed E-state index contributed by atoms with van der Waals surface area (Å²) in [6.07, 6.45) is 2.05. The quantitative estimate of drug-likeness (QED) is 0.827. The minimum absolute atomic E-state index is 0.0377. The van der Waals surface area contributed by atoms with Gasteiger partial charge in [0.25, 0.3) is 0 Å². The van der Waals surface area contributed by atoms with Gasteiger partial charge < -0.3 is 15.2 Å². The van der Waals surface area contributed by atoms with E-state index >= 15 is 0 Å². The molecule has 0 saturated carbocycles. The van der Waals surface area contributed by atoms with E-state index in [0.717, 1.165) is 24.2 Å². The first-order valence-electron chi connectivity index (χ1n) is 6.07. The fourth-order valence-corrected chi connectivity index (χ4v) is 2.04. The Morgan fingerprint density at radius 3 is 2.53 bits per heavy atom. The van der Waals surface area contributed by atoms with Crippen LogP contribution in [0.15, 0.2) is 18.2 Å². The van der Waals surface area contributed by atoms with E-state index in [4.69, 9.17) is 15.2 Å². The van der Waals surface area contributed by atoms with E-state index in [9.17, 15) is 0 Å². The molecule has 3 heteroatoms. The van der Waals surface area contributed by atoms with E-state index in [2.05, 4.69) is 19.9 Å². The highest BCUT2D eigenvalue weighted by Gasteiger charge is 2.21. The van der Waals surface area contributed by atoms with Crippen molar-refractivity contribution in [1.82, 2.24) is 0 Å². The van der Waals surface area contributed by atoms with Crippen molar-refractivity contribution < 1.29 is 9.47 Å². The molecule has 3 nitrogen and oxygen atoms in total. The van der Waals surface area contributed by atoms with Gasteiger partial charge in [-0.25, -0.2) is 0 Å². The number of methoxy groups -OCH3 is 2. The molecule has 0 aliphatic carbocycles. The molecule has 2 N–H and O–H groups in total. The van der Waals surface area contributed by atoms with Crippen molar-refractivity contribution in [2.24, 2.45) is 5.73 Å². The minimum atomic E-state index is -0.144. The summed E-state index contributed by atoms with van der Waals surface area (Å²) in [4.78, 5) is 0. The van der Waals surface area contributed by atoms with Crippen molar-refractivity contribution in [2.45, 2.75) is 38.8 Å². The van der Waals surface area contributed by atoms with Gasteiger partial charge in [0, 0.05) is 12.7 Å². The second-order valence-corrected chi connectivity index (χ2v) is 4.33. The summed E-state index contributed by atoms with van der Waals surface area (Å²) < 4.78 is 10.8. The second kappa shape index (κ2) is 6.62. The molecule has 0 saturated heterocycles. The van der Waals surface area contributed by atoms with Gasteiger partial charge in [0.15, 0.2) is 0 Å². The van der Waals surface area contributed by atoms with Crippen molar-refractivity contribution in [3.63, 3.8) is 0 Å². The number of ether oxygens (including phenoxy) is 2. The molecule has 96 valence electrons. The van der Waals surface area contributed by atoms with Crippen LogP contribution in [0.3, 0.4) is 0 Å². The topological polar surface area (TPSA) is 44.5 Å². The van der Waals surface area contributed by atoms with Gasteiger partial charge in [0.05, 0.1) is 19.3 Å². The van der Waals surface area contributed by atoms with Crippen LogP contribution in [0.5, 0.6) is 5.75 Å². The summed E-state index contributed by atoms with van der Waals surface area (Å²) in [6.45, 7) is 4.18. The molecule has 1 aromatic rings. The van der Waals surface area contributed by atoms with E-state index in [1.54, 1.807) is 14.2 Å². The molecule has 0 aromatic heterocycles. The summed E-state index contributed by atoms with van der Waals surface area (Å²) in [5, 5.41) is 0. The van der Waals surface area contributed by atoms with Gasteiger partial charge in [-0.15, -0.1) is 0 Å². The zero-order valence-corrected chi connectivity index (χ0v) is 11.2. The Morgan fingerprint density at radius 2 is 2.00 bits per heavy atom. The van der Waals surface area contributed by atoms with Crippen LogP contribution in [0.25, 0.3) is 0 Å². The van der Waals surface area contributed by atoms with Crippen LogP contribution in [0.2, 0.25) is 0 Å². The van der Waals surface area contributed by atoms with Crippen LogP contribution >= 0.6 is 0 Å². The number of hydrogen-bond acceptors (Lipinski definition) is 3. The SMILES string of the molecule is CCCC(OC)C(N)c1cc(C)ccc1OC. The van der Waals surface area contributed by atoms with Crippen molar-refractivity contribution >= 4 is 0 Å². The Labute approximate surface area is 104 Å². The Kier molecular flexibility index (Phi) is 5.45. The fraction of sp³-hybridized carbons (Fsp3) is 0.571. The van der Waals surface area contributed by atoms with Crippen molar-refractivity contribution in [3.05, 3.63) is 29.3 Å². The molecule has 1 rings (SSSR count). The van der Waals surface area contributed by atoms with Gasteiger partial charge in [-0.1, -0.05) is 31.0 Å². The molecule has 0 fully saturated rings. The largest absolute Gasteiger partial charge is 0.496 e. The molecule has 0 heterocycles. The molecule has 0 aliphatic rings. The number of rotatable bonds is 6. The first kappa shape index (κ1) is 14.0. The monoisotopic (exact) mass is 237 g/mol. The van der Waals surface area contributed by atoms with Crippen LogP contribution in [0.1, 0.15) is 36.9 Å². The Bertz CT molecular complexity index is 352. The first-order valence-corrected chi connectivity index (χ1v) is 6.07. The molecule has 2 unspecified atom stereocenters. The highest BCUT2D eigenvalue weighted by molar-refractivity contribution is 5.39. The number of benzene rings is 1. The summed E-state index contributed by atoms with van der Waals surface area (Å²) >= 11 is 0. The summed E-state index contributed by atoms with van der Waals surface area (Å²) in [6, 6.07) is 5.92. The number of hydrogen-bond donors (Lipinski definition) is 1. The van der Waals surface area contributed by atoms with Gasteiger partial charge in [-0.3, -0.25) is 0 Å². The average Bonchev–Trinajstić information content (AvgIpc) is 2.35. The molecule has 2 atom stereocenters. The lowest BCUT2D eigenvalue weighted by Crippen LogP contribution is -2.28. The Morgan fingerprint density at radius 1 is 1.29 bits per heavy atom. The van der Waals surface area contributed by atoms with Gasteiger partial charge in [-0.2, -0.15) is 0 Å². The maximum absolute atomic E-state index is 6.28. The lowest BCUT2D eigenvalue weighted by Gasteiger charge is -2.24. The van der Waals surface area contributed by atoms with Crippen LogP contribution in [0.4, 0.5) is 0 Å². The van der Waals surface area contributed by atoms with Crippen LogP contribution in [0, 0.1) is 6.92 Å². The molecule has 1 aromatic carbocycles. The third-order valence-electron chi connectivity index (χ3n) is 3.02. The molecule has 0 amide bonds. The van der Waals surface area contributed by atoms with E-state index in [0.29, 0.717) is 0 Å². The zero-order valence-electron chi connectivity index (χ0n) is 11.2. The van der Waals surface area contributed by atoms with Crippen LogP contribution in [-0.4, -0.2) is 20.3 Å². The lowest BCUT2D eigenvalue weighted by molar-refractivity contribution is 0.0718. The van der Waals surface area contributed by atoms with E-state index in [1.807, 2.05) is 12.1 Å². The summed E-state index contributed by atoms with van der Waals surface area (Å²) in [5.41, 5.74) is 8.48. The van der Waals surface area contributed by atoms with Crippen molar-refractivity contribution in [1.29, 1.82) is 0 Å². The normalized spacial score (nSPS) is 14.4. The molecular formula is C14H23NO2. The highest BCUT2D eigenvalue weighted by Crippen LogP contribution is 2.29. The summed E-state index contributed by atoms with van der Waals surface area (Å²) in [7, 11) is 3.38. The molecular weight excluding hydrogens is 214 g/mol. The van der Waals surface area contributed by atoms with Crippen LogP contribution < -0.4 is 10.5 Å². The molecule has 0 radical (unpaired) electrons. The second-order valence-electron chi connectivity index (χ2n) is 4.33. The number of nitrogens with two attached hydrogens (primary N) is 1. The number of aryl methyl sites for hydroxylation is 1. The van der Waals surface area contributed by atoms with E-state index < -0.39 is 0 Å². The molecule has 17 heavy (non-hydrogen) atoms. The molecule has 0 aliphatic heterocycles. The van der Waals surface area contributed by atoms with Crippen molar-refractivity contribution in [3.8, 4) is 5.75 Å². The van der Waals surface area contributed by atoms with Crippen LogP contribution in [-0.2, 0) is 4.74 Å². The molecule has 0 bridgehead atoms. The third-order valence-corrected chi connectivity index (χ3v) is 3.02. The van der Waals surface area contributed by atoms with Gasteiger partial charge in [-0.05, 0) is 19.4 Å². The van der Waals surface area contributed by atoms with Gasteiger partial charge >= 0.3 is 0 Å². The Balaban J connectivity index is 2.99. The van der Waals surface area contributed by atoms with Gasteiger partial charge in [0.2, 0.25) is 0 Å². The third kappa shape index (κ3) is 3.45. The maximum atomic E-state index is 6.28. The fourth-order valence-electron chi connectivity index (χ4n) is 2.04. The smallest absolute Gasteiger partial charge is 0.123 e. The van der Waals surface area contributed by atoms with E-state index in [1.165, 1.54) is 5.56 Å². The highest BCUT2D eigenvalue weighted by atomic mass is 16.5. The predicted octanol–water partition coefficient (Wildman–Crippen LogP) is 2.82. The van der Waals surface area contributed by atoms with E-state index in [-0.39, 0.29) is 12.1 Å². The average molecular weight is 237 g/mol. The minimum Gasteiger partial charge on any atom is -0.496 e. The predicted molar refractivity (Wildman–Crippen MR) is 70.4 cm³/mol.